The summed E-state index contributed by atoms with van der Waals surface area (Å²) in [6, 6.07) is 8.92. The third-order valence-electron chi connectivity index (χ3n) is 2.53. The molecule has 0 aromatic heterocycles. The van der Waals surface area contributed by atoms with Gasteiger partial charge in [-0.1, -0.05) is 30.3 Å². The van der Waals surface area contributed by atoms with E-state index in [2.05, 4.69) is 0 Å². The van der Waals surface area contributed by atoms with Crippen LogP contribution in [0.5, 0.6) is 0 Å². The number of hydrogen-bond donors (Lipinski definition) is 2. The van der Waals surface area contributed by atoms with Gasteiger partial charge in [0.25, 0.3) is 0 Å². The highest BCUT2D eigenvalue weighted by Crippen LogP contribution is 2.08. The van der Waals surface area contributed by atoms with Crippen LogP contribution >= 0.6 is 0 Å². The van der Waals surface area contributed by atoms with Crippen molar-refractivity contribution in [3.63, 3.8) is 0 Å². The molecule has 0 aliphatic carbocycles. The highest BCUT2D eigenvalue weighted by molar-refractivity contribution is 5.77. The zero-order valence-electron chi connectivity index (χ0n) is 10.7. The molecular formula is C13H17NO5. The molecule has 0 spiro atoms. The van der Waals surface area contributed by atoms with E-state index in [0.717, 1.165) is 10.5 Å². The quantitative estimate of drug-likeness (QED) is 0.794. The number of aliphatic carboxylic acids is 1. The van der Waals surface area contributed by atoms with E-state index < -0.39 is 18.2 Å². The van der Waals surface area contributed by atoms with E-state index in [1.807, 2.05) is 6.07 Å². The largest absolute Gasteiger partial charge is 0.478 e. The molecule has 0 aliphatic heterocycles. The van der Waals surface area contributed by atoms with E-state index in [4.69, 9.17) is 14.9 Å². The van der Waals surface area contributed by atoms with Crippen LogP contribution in [0.3, 0.4) is 0 Å². The predicted molar refractivity (Wildman–Crippen MR) is 67.8 cm³/mol. The highest BCUT2D eigenvalue weighted by Gasteiger charge is 2.24. The molecule has 1 rings (SSSR count). The third-order valence-corrected chi connectivity index (χ3v) is 2.53. The van der Waals surface area contributed by atoms with Crippen molar-refractivity contribution in [2.24, 2.45) is 0 Å². The fourth-order valence-electron chi connectivity index (χ4n) is 1.46. The summed E-state index contributed by atoms with van der Waals surface area (Å²) in [5, 5.41) is 17.7. The number of benzene rings is 1. The second-order valence-electron chi connectivity index (χ2n) is 4.05. The number of carboxylic acids is 1. The Hall–Kier alpha value is -2.08. The first-order chi connectivity index (χ1) is 9.04. The van der Waals surface area contributed by atoms with E-state index in [1.165, 1.54) is 7.05 Å². The van der Waals surface area contributed by atoms with Gasteiger partial charge in [0.2, 0.25) is 6.10 Å². The van der Waals surface area contributed by atoms with E-state index in [1.54, 1.807) is 24.3 Å². The summed E-state index contributed by atoms with van der Waals surface area (Å²) < 4.78 is 4.91. The molecular weight excluding hydrogens is 250 g/mol. The van der Waals surface area contributed by atoms with E-state index in [0.29, 0.717) is 0 Å². The Kier molecular flexibility index (Phi) is 5.81. The summed E-state index contributed by atoms with van der Waals surface area (Å²) in [6.07, 6.45) is -1.90. The van der Waals surface area contributed by atoms with Crippen LogP contribution < -0.4 is 0 Å². The minimum absolute atomic E-state index is 0.0938. The Bertz CT molecular complexity index is 420. The van der Waals surface area contributed by atoms with Gasteiger partial charge in [-0.15, -0.1) is 0 Å². The molecule has 0 unspecified atom stereocenters. The number of rotatable bonds is 6. The Labute approximate surface area is 111 Å². The van der Waals surface area contributed by atoms with Gasteiger partial charge >= 0.3 is 12.1 Å². The smallest absolute Gasteiger partial charge is 0.410 e. The normalized spacial score (nSPS) is 11.7. The zero-order valence-corrected chi connectivity index (χ0v) is 10.7. The van der Waals surface area contributed by atoms with Gasteiger partial charge in [0.05, 0.1) is 6.61 Å². The van der Waals surface area contributed by atoms with Crippen molar-refractivity contribution in [3.8, 4) is 0 Å². The Morgan fingerprint density at radius 2 is 1.95 bits per heavy atom. The van der Waals surface area contributed by atoms with Crippen molar-refractivity contribution >= 4 is 12.1 Å². The van der Waals surface area contributed by atoms with Crippen molar-refractivity contribution in [1.29, 1.82) is 0 Å². The third kappa shape index (κ3) is 4.97. The molecule has 1 amide bonds. The van der Waals surface area contributed by atoms with Gasteiger partial charge < -0.3 is 19.8 Å². The summed E-state index contributed by atoms with van der Waals surface area (Å²) in [7, 11) is 1.43. The van der Waals surface area contributed by atoms with Crippen molar-refractivity contribution in [1.82, 2.24) is 4.90 Å². The van der Waals surface area contributed by atoms with Crippen molar-refractivity contribution in [2.45, 2.75) is 12.5 Å². The van der Waals surface area contributed by atoms with Gasteiger partial charge in [-0.2, -0.15) is 0 Å². The van der Waals surface area contributed by atoms with Gasteiger partial charge in [-0.25, -0.2) is 9.59 Å². The van der Waals surface area contributed by atoms with Gasteiger partial charge in [0.15, 0.2) is 0 Å². The number of aliphatic hydroxyl groups is 1. The number of aliphatic hydroxyl groups excluding tert-OH is 1. The Morgan fingerprint density at radius 1 is 1.32 bits per heavy atom. The number of amides is 1. The van der Waals surface area contributed by atoms with Crippen LogP contribution in [0.1, 0.15) is 5.56 Å². The number of carbonyl (C=O) groups excluding carboxylic acids is 1. The van der Waals surface area contributed by atoms with E-state index in [-0.39, 0.29) is 19.6 Å². The maximum absolute atomic E-state index is 11.6. The molecule has 0 aliphatic rings. The van der Waals surface area contributed by atoms with Crippen LogP contribution in [-0.2, 0) is 16.0 Å². The molecule has 1 aromatic carbocycles. The molecule has 0 saturated carbocycles. The number of ether oxygens (including phenoxy) is 1. The molecule has 19 heavy (non-hydrogen) atoms. The van der Waals surface area contributed by atoms with Crippen molar-refractivity contribution in [3.05, 3.63) is 35.9 Å². The van der Waals surface area contributed by atoms with Crippen LogP contribution in [0.25, 0.3) is 0 Å². The molecule has 6 nitrogen and oxygen atoms in total. The number of likely N-dealkylation sites (N-methyl/N-ethyl adjacent to an activating group) is 1. The topological polar surface area (TPSA) is 87.1 Å². The van der Waals surface area contributed by atoms with Crippen LogP contribution in [-0.4, -0.2) is 53.5 Å². The number of nitrogens with zero attached hydrogens (tertiary/aromatic N) is 1. The SMILES string of the molecule is CN(CCO)C(=O)O[C@@H](Cc1ccccc1)C(=O)O. The molecule has 6 heteroatoms. The maximum Gasteiger partial charge on any atom is 0.410 e. The second kappa shape index (κ2) is 7.38. The maximum atomic E-state index is 11.6. The van der Waals surface area contributed by atoms with Gasteiger partial charge in [0, 0.05) is 20.0 Å². The molecule has 0 saturated heterocycles. The summed E-state index contributed by atoms with van der Waals surface area (Å²) in [5.74, 6) is -1.20. The van der Waals surface area contributed by atoms with Gasteiger partial charge in [-0.3, -0.25) is 0 Å². The lowest BCUT2D eigenvalue weighted by atomic mass is 10.1. The summed E-state index contributed by atoms with van der Waals surface area (Å²) in [6.45, 7) is -0.113. The Balaban J connectivity index is 2.64. The fourth-order valence-corrected chi connectivity index (χ4v) is 1.46. The lowest BCUT2D eigenvalue weighted by Gasteiger charge is -2.19. The lowest BCUT2D eigenvalue weighted by Crippen LogP contribution is -2.37. The minimum atomic E-state index is -1.24. The average Bonchev–Trinajstić information content (AvgIpc) is 2.39. The first-order valence-electron chi connectivity index (χ1n) is 5.84. The van der Waals surface area contributed by atoms with Crippen LogP contribution in [0.4, 0.5) is 4.79 Å². The monoisotopic (exact) mass is 267 g/mol. The zero-order chi connectivity index (χ0) is 14.3. The number of carbonyl (C=O) groups is 2. The molecule has 0 radical (unpaired) electrons. The van der Waals surface area contributed by atoms with Gasteiger partial charge in [-0.05, 0) is 5.56 Å². The van der Waals surface area contributed by atoms with Crippen LogP contribution in [0, 0.1) is 0 Å². The van der Waals surface area contributed by atoms with Gasteiger partial charge in [0.1, 0.15) is 0 Å². The average molecular weight is 267 g/mol. The first kappa shape index (κ1) is 15.0. The number of hydrogen-bond acceptors (Lipinski definition) is 4. The summed E-state index contributed by atoms with van der Waals surface area (Å²) in [5.41, 5.74) is 0.771. The molecule has 2 N–H and O–H groups in total. The van der Waals surface area contributed by atoms with E-state index >= 15 is 0 Å². The van der Waals surface area contributed by atoms with Crippen LogP contribution in [0.2, 0.25) is 0 Å². The molecule has 104 valence electrons. The number of carboxylic acid groups (broad SMARTS) is 1. The van der Waals surface area contributed by atoms with Crippen LogP contribution in [0.15, 0.2) is 30.3 Å². The Morgan fingerprint density at radius 3 is 2.47 bits per heavy atom. The second-order valence-corrected chi connectivity index (χ2v) is 4.05. The van der Waals surface area contributed by atoms with E-state index in [9.17, 15) is 9.59 Å². The standard InChI is InChI=1S/C13H17NO5/c1-14(7-8-15)13(18)19-11(12(16)17)9-10-5-3-2-4-6-10/h2-6,11,15H,7-9H2,1H3,(H,16,17)/t11-/m0/s1. The summed E-state index contributed by atoms with van der Waals surface area (Å²) >= 11 is 0. The molecule has 0 fully saturated rings. The van der Waals surface area contributed by atoms with Crippen molar-refractivity contribution < 1.29 is 24.5 Å². The molecule has 0 bridgehead atoms. The highest BCUT2D eigenvalue weighted by atomic mass is 16.6. The first-order valence-corrected chi connectivity index (χ1v) is 5.84. The fraction of sp³-hybridized carbons (Fsp3) is 0.385. The molecule has 1 atom stereocenters. The van der Waals surface area contributed by atoms with Crippen molar-refractivity contribution in [2.75, 3.05) is 20.2 Å². The minimum Gasteiger partial charge on any atom is -0.478 e. The molecule has 1 aromatic rings. The molecule has 0 heterocycles. The lowest BCUT2D eigenvalue weighted by molar-refractivity contribution is -0.147. The predicted octanol–water partition coefficient (Wildman–Crippen LogP) is 0.743. The summed E-state index contributed by atoms with van der Waals surface area (Å²) in [4.78, 5) is 23.8.